The number of benzene rings is 1. The van der Waals surface area contributed by atoms with Gasteiger partial charge in [0.1, 0.15) is 0 Å². The molecule has 0 aromatic heterocycles. The maximum absolute atomic E-state index is 11.8. The van der Waals surface area contributed by atoms with Crippen LogP contribution in [-0.2, 0) is 16.0 Å². The Morgan fingerprint density at radius 1 is 1.26 bits per heavy atom. The Bertz CT molecular complexity index is 420. The van der Waals surface area contributed by atoms with E-state index in [1.807, 2.05) is 18.2 Å². The first-order valence-corrected chi connectivity index (χ1v) is 6.11. The van der Waals surface area contributed by atoms with Gasteiger partial charge < -0.3 is 19.9 Å². The van der Waals surface area contributed by atoms with E-state index in [0.717, 1.165) is 5.56 Å². The molecular weight excluding hydrogens is 246 g/mol. The Morgan fingerprint density at radius 3 is 2.58 bits per heavy atom. The van der Waals surface area contributed by atoms with Gasteiger partial charge in [0.05, 0.1) is 26.9 Å². The molecule has 0 fully saturated rings. The van der Waals surface area contributed by atoms with Gasteiger partial charge >= 0.3 is 0 Å². The molecule has 0 aliphatic rings. The van der Waals surface area contributed by atoms with Crippen LogP contribution >= 0.6 is 0 Å². The number of methoxy groups -OCH3 is 3. The van der Waals surface area contributed by atoms with Crippen molar-refractivity contribution in [3.05, 3.63) is 23.8 Å². The summed E-state index contributed by atoms with van der Waals surface area (Å²) < 4.78 is 15.4. The molecule has 2 N–H and O–H groups in total. The molecule has 0 unspecified atom stereocenters. The molecule has 5 heteroatoms. The number of aryl methyl sites for hydroxylation is 1. The minimum absolute atomic E-state index is 0.0216. The van der Waals surface area contributed by atoms with Gasteiger partial charge in [-0.2, -0.15) is 0 Å². The summed E-state index contributed by atoms with van der Waals surface area (Å²) in [6.07, 6.45) is 0.921. The Morgan fingerprint density at radius 2 is 2.00 bits per heavy atom. The zero-order chi connectivity index (χ0) is 14.3. The number of ketones is 1. The van der Waals surface area contributed by atoms with Gasteiger partial charge in [0.2, 0.25) is 0 Å². The van der Waals surface area contributed by atoms with E-state index in [9.17, 15) is 4.79 Å². The predicted octanol–water partition coefficient (Wildman–Crippen LogP) is 1.18. The quantitative estimate of drug-likeness (QED) is 0.766. The van der Waals surface area contributed by atoms with E-state index in [4.69, 9.17) is 19.9 Å². The van der Waals surface area contributed by atoms with Crippen LogP contribution in [-0.4, -0.2) is 39.8 Å². The van der Waals surface area contributed by atoms with Crippen LogP contribution in [0.5, 0.6) is 11.5 Å². The van der Waals surface area contributed by atoms with Crippen LogP contribution in [0.15, 0.2) is 18.2 Å². The van der Waals surface area contributed by atoms with E-state index in [2.05, 4.69) is 0 Å². The standard InChI is InChI=1S/C14H21NO4/c1-17-9-11(15)12(16)8-7-10-5-4-6-13(18-2)14(10)19-3/h4-6,11H,7-9,15H2,1-3H3/t11-/m0/s1. The third-order valence-corrected chi connectivity index (χ3v) is 2.89. The molecule has 1 rings (SSSR count). The van der Waals surface area contributed by atoms with Gasteiger partial charge in [-0.25, -0.2) is 0 Å². The van der Waals surface area contributed by atoms with Gasteiger partial charge in [0.15, 0.2) is 17.3 Å². The van der Waals surface area contributed by atoms with Crippen molar-refractivity contribution in [3.8, 4) is 11.5 Å². The van der Waals surface area contributed by atoms with Crippen molar-refractivity contribution < 1.29 is 19.0 Å². The van der Waals surface area contributed by atoms with Crippen molar-refractivity contribution >= 4 is 5.78 Å². The minimum Gasteiger partial charge on any atom is -0.493 e. The average molecular weight is 267 g/mol. The first-order chi connectivity index (χ1) is 9.13. The van der Waals surface area contributed by atoms with Gasteiger partial charge in [0.25, 0.3) is 0 Å². The van der Waals surface area contributed by atoms with Crippen LogP contribution in [0.3, 0.4) is 0 Å². The SMILES string of the molecule is COC[C@H](N)C(=O)CCc1cccc(OC)c1OC. The van der Waals surface area contributed by atoms with Crippen LogP contribution in [0.4, 0.5) is 0 Å². The number of Topliss-reactive ketones (excluding diaryl/α,β-unsaturated/α-hetero) is 1. The van der Waals surface area contributed by atoms with Crippen molar-refractivity contribution in [2.45, 2.75) is 18.9 Å². The fourth-order valence-corrected chi connectivity index (χ4v) is 1.87. The van der Waals surface area contributed by atoms with Crippen molar-refractivity contribution in [1.82, 2.24) is 0 Å². The van der Waals surface area contributed by atoms with E-state index >= 15 is 0 Å². The first-order valence-electron chi connectivity index (χ1n) is 6.11. The van der Waals surface area contributed by atoms with E-state index < -0.39 is 6.04 Å². The third kappa shape index (κ3) is 4.22. The van der Waals surface area contributed by atoms with Crippen LogP contribution in [0.25, 0.3) is 0 Å². The summed E-state index contributed by atoms with van der Waals surface area (Å²) in [6, 6.07) is 5.04. The molecule has 1 aromatic carbocycles. The Balaban J connectivity index is 2.70. The Hall–Kier alpha value is -1.59. The fourth-order valence-electron chi connectivity index (χ4n) is 1.87. The number of hydrogen-bond acceptors (Lipinski definition) is 5. The van der Waals surface area contributed by atoms with Crippen molar-refractivity contribution in [3.63, 3.8) is 0 Å². The van der Waals surface area contributed by atoms with Crippen molar-refractivity contribution in [1.29, 1.82) is 0 Å². The highest BCUT2D eigenvalue weighted by molar-refractivity contribution is 5.84. The largest absolute Gasteiger partial charge is 0.493 e. The number of carbonyl (C=O) groups is 1. The maximum atomic E-state index is 11.8. The molecule has 5 nitrogen and oxygen atoms in total. The molecular formula is C14H21NO4. The number of ether oxygens (including phenoxy) is 3. The summed E-state index contributed by atoms with van der Waals surface area (Å²) in [6.45, 7) is 0.244. The molecule has 0 aliphatic heterocycles. The molecule has 0 aliphatic carbocycles. The Kier molecular flexibility index (Phi) is 6.32. The van der Waals surface area contributed by atoms with E-state index in [-0.39, 0.29) is 12.4 Å². The monoisotopic (exact) mass is 267 g/mol. The van der Waals surface area contributed by atoms with Crippen LogP contribution in [0.1, 0.15) is 12.0 Å². The Labute approximate surface area is 113 Å². The van der Waals surface area contributed by atoms with E-state index in [0.29, 0.717) is 24.3 Å². The van der Waals surface area contributed by atoms with E-state index in [1.54, 1.807) is 14.2 Å². The highest BCUT2D eigenvalue weighted by atomic mass is 16.5. The minimum atomic E-state index is -0.568. The molecule has 1 aromatic rings. The number of hydrogen-bond donors (Lipinski definition) is 1. The normalized spacial score (nSPS) is 12.0. The van der Waals surface area contributed by atoms with Crippen LogP contribution < -0.4 is 15.2 Å². The number of nitrogens with two attached hydrogens (primary N) is 1. The van der Waals surface area contributed by atoms with Gasteiger partial charge in [-0.15, -0.1) is 0 Å². The lowest BCUT2D eigenvalue weighted by Crippen LogP contribution is -2.35. The summed E-state index contributed by atoms with van der Waals surface area (Å²) in [7, 11) is 4.69. The summed E-state index contributed by atoms with van der Waals surface area (Å²) >= 11 is 0. The second kappa shape index (κ2) is 7.76. The molecule has 1 atom stereocenters. The average Bonchev–Trinajstić information content (AvgIpc) is 2.44. The van der Waals surface area contributed by atoms with Gasteiger partial charge in [-0.05, 0) is 18.1 Å². The van der Waals surface area contributed by atoms with E-state index in [1.165, 1.54) is 7.11 Å². The highest BCUT2D eigenvalue weighted by Crippen LogP contribution is 2.31. The zero-order valence-corrected chi connectivity index (χ0v) is 11.6. The fraction of sp³-hybridized carbons (Fsp3) is 0.500. The molecule has 0 bridgehead atoms. The molecule has 0 heterocycles. The molecule has 0 saturated heterocycles. The summed E-state index contributed by atoms with van der Waals surface area (Å²) in [5.41, 5.74) is 6.62. The molecule has 0 radical (unpaired) electrons. The maximum Gasteiger partial charge on any atom is 0.163 e. The summed E-state index contributed by atoms with van der Waals surface area (Å²) in [5, 5.41) is 0. The first kappa shape index (κ1) is 15.5. The number of rotatable bonds is 8. The van der Waals surface area contributed by atoms with Crippen LogP contribution in [0.2, 0.25) is 0 Å². The predicted molar refractivity (Wildman–Crippen MR) is 72.7 cm³/mol. The lowest BCUT2D eigenvalue weighted by Gasteiger charge is -2.13. The van der Waals surface area contributed by atoms with Crippen molar-refractivity contribution in [2.75, 3.05) is 27.9 Å². The second-order valence-corrected chi connectivity index (χ2v) is 4.18. The summed E-state index contributed by atoms with van der Waals surface area (Å²) in [5.74, 6) is 1.30. The second-order valence-electron chi connectivity index (χ2n) is 4.18. The molecule has 0 spiro atoms. The van der Waals surface area contributed by atoms with Crippen molar-refractivity contribution in [2.24, 2.45) is 5.73 Å². The molecule has 0 amide bonds. The van der Waals surface area contributed by atoms with Crippen LogP contribution in [0, 0.1) is 0 Å². The lowest BCUT2D eigenvalue weighted by atomic mass is 10.0. The van der Waals surface area contributed by atoms with Gasteiger partial charge in [-0.1, -0.05) is 12.1 Å². The zero-order valence-electron chi connectivity index (χ0n) is 11.6. The number of para-hydroxylation sites is 1. The highest BCUT2D eigenvalue weighted by Gasteiger charge is 2.15. The van der Waals surface area contributed by atoms with Gasteiger partial charge in [0, 0.05) is 13.5 Å². The number of carbonyl (C=O) groups excluding carboxylic acids is 1. The molecule has 0 saturated carbocycles. The third-order valence-electron chi connectivity index (χ3n) is 2.89. The molecule has 19 heavy (non-hydrogen) atoms. The smallest absolute Gasteiger partial charge is 0.163 e. The molecule has 106 valence electrons. The lowest BCUT2D eigenvalue weighted by molar-refractivity contribution is -0.121. The topological polar surface area (TPSA) is 70.8 Å². The van der Waals surface area contributed by atoms with Gasteiger partial charge in [-0.3, -0.25) is 4.79 Å². The summed E-state index contributed by atoms with van der Waals surface area (Å²) in [4.78, 5) is 11.8.